The van der Waals surface area contributed by atoms with E-state index in [0.29, 0.717) is 0 Å². The highest BCUT2D eigenvalue weighted by molar-refractivity contribution is 6.12. The van der Waals surface area contributed by atoms with E-state index in [9.17, 15) is 0 Å². The monoisotopic (exact) mass is 284 g/mol. The first-order valence-electron chi connectivity index (χ1n) is 7.89. The van der Waals surface area contributed by atoms with Gasteiger partial charge in [-0.3, -0.25) is 0 Å². The van der Waals surface area contributed by atoms with E-state index in [-0.39, 0.29) is 5.41 Å². The van der Waals surface area contributed by atoms with Gasteiger partial charge in [-0.05, 0) is 55.4 Å². The van der Waals surface area contributed by atoms with Gasteiger partial charge in [0.15, 0.2) is 0 Å². The van der Waals surface area contributed by atoms with E-state index < -0.39 is 0 Å². The van der Waals surface area contributed by atoms with Gasteiger partial charge in [-0.15, -0.1) is 0 Å². The van der Waals surface area contributed by atoms with Crippen LogP contribution in [0.3, 0.4) is 0 Å². The highest BCUT2D eigenvalue weighted by Gasteiger charge is 2.16. The van der Waals surface area contributed by atoms with E-state index >= 15 is 0 Å². The fraction of sp³-hybridized carbons (Fsp3) is 0.182. The van der Waals surface area contributed by atoms with Gasteiger partial charge in [0, 0.05) is 0 Å². The van der Waals surface area contributed by atoms with Crippen molar-refractivity contribution in [3.8, 4) is 0 Å². The van der Waals surface area contributed by atoms with Crippen LogP contribution in [0.1, 0.15) is 26.3 Å². The van der Waals surface area contributed by atoms with Gasteiger partial charge in [-0.2, -0.15) is 0 Å². The Hall–Kier alpha value is -2.34. The fourth-order valence-electron chi connectivity index (χ4n) is 3.43. The fourth-order valence-corrected chi connectivity index (χ4v) is 3.43. The van der Waals surface area contributed by atoms with Gasteiger partial charge in [0.1, 0.15) is 0 Å². The summed E-state index contributed by atoms with van der Waals surface area (Å²) >= 11 is 0. The zero-order chi connectivity index (χ0) is 15.3. The molecule has 108 valence electrons. The van der Waals surface area contributed by atoms with E-state index in [0.717, 1.165) is 0 Å². The highest BCUT2D eigenvalue weighted by Crippen LogP contribution is 2.34. The number of rotatable bonds is 0. The zero-order valence-electron chi connectivity index (χ0n) is 13.4. The predicted molar refractivity (Wildman–Crippen MR) is 97.7 cm³/mol. The summed E-state index contributed by atoms with van der Waals surface area (Å²) in [4.78, 5) is 0. The molecule has 4 rings (SSSR count). The number of hydrogen-bond donors (Lipinski definition) is 0. The van der Waals surface area contributed by atoms with Crippen LogP contribution in [0.15, 0.2) is 66.7 Å². The lowest BCUT2D eigenvalue weighted by atomic mass is 9.83. The van der Waals surface area contributed by atoms with Crippen molar-refractivity contribution < 1.29 is 0 Å². The highest BCUT2D eigenvalue weighted by atomic mass is 14.2. The number of benzene rings is 4. The van der Waals surface area contributed by atoms with E-state index in [2.05, 4.69) is 87.5 Å². The van der Waals surface area contributed by atoms with Crippen LogP contribution in [-0.4, -0.2) is 0 Å². The van der Waals surface area contributed by atoms with Crippen molar-refractivity contribution in [2.24, 2.45) is 0 Å². The van der Waals surface area contributed by atoms with Crippen LogP contribution in [0.5, 0.6) is 0 Å². The molecule has 0 spiro atoms. The maximum Gasteiger partial charge on any atom is -0.00990 e. The second kappa shape index (κ2) is 4.58. The molecule has 0 saturated carbocycles. The SMILES string of the molecule is CC(C)(C)c1cccc2cc3c(ccc4ccccc43)cc12. The Morgan fingerprint density at radius 3 is 2.00 bits per heavy atom. The number of fused-ring (bicyclic) bond motifs is 4. The topological polar surface area (TPSA) is 0 Å². The average Bonchev–Trinajstić information content (AvgIpc) is 2.51. The third-order valence-corrected chi connectivity index (χ3v) is 4.55. The van der Waals surface area contributed by atoms with Crippen molar-refractivity contribution in [2.45, 2.75) is 26.2 Å². The van der Waals surface area contributed by atoms with Gasteiger partial charge >= 0.3 is 0 Å². The van der Waals surface area contributed by atoms with Gasteiger partial charge < -0.3 is 0 Å². The molecule has 0 fully saturated rings. The standard InChI is InChI=1S/C22H20/c1-22(2,3)21-10-6-8-16-13-19-17(14-20(16)21)12-11-15-7-4-5-9-18(15)19/h4-14H,1-3H3. The maximum atomic E-state index is 2.36. The van der Waals surface area contributed by atoms with Crippen LogP contribution >= 0.6 is 0 Å². The Bertz CT molecular complexity index is 1000. The van der Waals surface area contributed by atoms with Crippen LogP contribution in [0.2, 0.25) is 0 Å². The molecule has 0 atom stereocenters. The minimum Gasteiger partial charge on any atom is -0.0616 e. The largest absolute Gasteiger partial charge is 0.0616 e. The summed E-state index contributed by atoms with van der Waals surface area (Å²) in [6, 6.07) is 24.5. The molecule has 0 heteroatoms. The molecule has 0 N–H and O–H groups in total. The first-order valence-corrected chi connectivity index (χ1v) is 7.89. The summed E-state index contributed by atoms with van der Waals surface area (Å²) in [7, 11) is 0. The predicted octanol–water partition coefficient (Wildman–Crippen LogP) is 6.44. The Morgan fingerprint density at radius 1 is 0.545 bits per heavy atom. The molecule has 0 nitrogen and oxygen atoms in total. The van der Waals surface area contributed by atoms with Crippen molar-refractivity contribution >= 4 is 32.3 Å². The van der Waals surface area contributed by atoms with Gasteiger partial charge in [0.2, 0.25) is 0 Å². The molecule has 4 aromatic carbocycles. The van der Waals surface area contributed by atoms with Gasteiger partial charge in [-0.1, -0.05) is 75.4 Å². The molecule has 0 aliphatic carbocycles. The minimum absolute atomic E-state index is 0.157. The summed E-state index contributed by atoms with van der Waals surface area (Å²) < 4.78 is 0. The smallest absolute Gasteiger partial charge is 0.00990 e. The molecule has 0 amide bonds. The summed E-state index contributed by atoms with van der Waals surface area (Å²) in [5.74, 6) is 0. The summed E-state index contributed by atoms with van der Waals surface area (Å²) in [6.07, 6.45) is 0. The van der Waals surface area contributed by atoms with E-state index in [1.807, 2.05) is 0 Å². The van der Waals surface area contributed by atoms with Crippen LogP contribution < -0.4 is 0 Å². The lowest BCUT2D eigenvalue weighted by molar-refractivity contribution is 0.596. The zero-order valence-corrected chi connectivity index (χ0v) is 13.4. The molecule has 0 aliphatic heterocycles. The lowest BCUT2D eigenvalue weighted by Gasteiger charge is -2.21. The average molecular weight is 284 g/mol. The normalized spacial score (nSPS) is 12.3. The molecule has 0 radical (unpaired) electrons. The third kappa shape index (κ3) is 1.99. The maximum absolute atomic E-state index is 2.36. The summed E-state index contributed by atoms with van der Waals surface area (Å²) in [5, 5.41) is 8.01. The molecular weight excluding hydrogens is 264 g/mol. The van der Waals surface area contributed by atoms with E-state index in [4.69, 9.17) is 0 Å². The van der Waals surface area contributed by atoms with E-state index in [1.165, 1.54) is 37.9 Å². The molecule has 0 saturated heterocycles. The second-order valence-electron chi connectivity index (χ2n) is 7.14. The molecule has 4 aromatic rings. The molecule has 22 heavy (non-hydrogen) atoms. The molecule has 0 unspecified atom stereocenters. The molecule has 0 aliphatic rings. The van der Waals surface area contributed by atoms with Crippen LogP contribution in [-0.2, 0) is 5.41 Å². The first kappa shape index (κ1) is 13.3. The Labute approximate surface area is 131 Å². The first-order chi connectivity index (χ1) is 10.5. The van der Waals surface area contributed by atoms with Crippen LogP contribution in [0.25, 0.3) is 32.3 Å². The van der Waals surface area contributed by atoms with Crippen molar-refractivity contribution in [1.82, 2.24) is 0 Å². The number of hydrogen-bond acceptors (Lipinski definition) is 0. The Balaban J connectivity index is 2.17. The molecule has 0 bridgehead atoms. The van der Waals surface area contributed by atoms with Crippen molar-refractivity contribution in [2.75, 3.05) is 0 Å². The van der Waals surface area contributed by atoms with Crippen molar-refractivity contribution in [3.05, 3.63) is 72.3 Å². The van der Waals surface area contributed by atoms with Crippen molar-refractivity contribution in [3.63, 3.8) is 0 Å². The van der Waals surface area contributed by atoms with Gasteiger partial charge in [0.25, 0.3) is 0 Å². The minimum atomic E-state index is 0.157. The van der Waals surface area contributed by atoms with E-state index in [1.54, 1.807) is 0 Å². The third-order valence-electron chi connectivity index (χ3n) is 4.55. The molecular formula is C22H20. The van der Waals surface area contributed by atoms with Gasteiger partial charge in [-0.25, -0.2) is 0 Å². The van der Waals surface area contributed by atoms with Crippen molar-refractivity contribution in [1.29, 1.82) is 0 Å². The van der Waals surface area contributed by atoms with Crippen LogP contribution in [0.4, 0.5) is 0 Å². The van der Waals surface area contributed by atoms with Crippen LogP contribution in [0, 0.1) is 0 Å². The Kier molecular flexibility index (Phi) is 2.77. The quantitative estimate of drug-likeness (QED) is 0.257. The molecule has 0 aromatic heterocycles. The lowest BCUT2D eigenvalue weighted by Crippen LogP contribution is -2.11. The summed E-state index contributed by atoms with van der Waals surface area (Å²) in [5.41, 5.74) is 1.57. The second-order valence-corrected chi connectivity index (χ2v) is 7.14. The summed E-state index contributed by atoms with van der Waals surface area (Å²) in [6.45, 7) is 6.85. The van der Waals surface area contributed by atoms with Gasteiger partial charge in [0.05, 0.1) is 0 Å². The molecule has 0 heterocycles. The Morgan fingerprint density at radius 2 is 1.18 bits per heavy atom.